The summed E-state index contributed by atoms with van der Waals surface area (Å²) in [6.07, 6.45) is 1.04. The molecule has 66 valence electrons. The Kier molecular flexibility index (Phi) is 3.11. The number of nitrogen functional groups attached to an aromatic ring is 1. The van der Waals surface area contributed by atoms with Crippen LogP contribution in [0.1, 0.15) is 11.1 Å². The standard InChI is InChI=1S/C10H16N2/c1-8-3-4-9(5-6-12-2)7-10(8)11/h3-4,7,12H,5-6,11H2,1-2H3. The second kappa shape index (κ2) is 4.12. The molecule has 2 heteroatoms. The Morgan fingerprint density at radius 3 is 2.75 bits per heavy atom. The van der Waals surface area contributed by atoms with Crippen molar-refractivity contribution >= 4 is 5.69 Å². The highest BCUT2D eigenvalue weighted by Gasteiger charge is 1.95. The van der Waals surface area contributed by atoms with E-state index in [0.29, 0.717) is 0 Å². The molecule has 0 fully saturated rings. The molecule has 1 rings (SSSR count). The lowest BCUT2D eigenvalue weighted by Gasteiger charge is -2.04. The van der Waals surface area contributed by atoms with Gasteiger partial charge in [0, 0.05) is 5.69 Å². The van der Waals surface area contributed by atoms with Crippen LogP contribution in [-0.2, 0) is 6.42 Å². The van der Waals surface area contributed by atoms with Crippen molar-refractivity contribution in [2.75, 3.05) is 19.3 Å². The monoisotopic (exact) mass is 164 g/mol. The first-order valence-electron chi connectivity index (χ1n) is 4.23. The van der Waals surface area contributed by atoms with Crippen molar-refractivity contribution in [3.8, 4) is 0 Å². The molecule has 0 unspecified atom stereocenters. The zero-order valence-electron chi connectivity index (χ0n) is 7.72. The number of benzene rings is 1. The fraction of sp³-hybridized carbons (Fsp3) is 0.400. The van der Waals surface area contributed by atoms with Crippen LogP contribution in [0.15, 0.2) is 18.2 Å². The summed E-state index contributed by atoms with van der Waals surface area (Å²) >= 11 is 0. The molecule has 1 aromatic rings. The first kappa shape index (κ1) is 9.07. The smallest absolute Gasteiger partial charge is 0.0346 e. The molecule has 3 N–H and O–H groups in total. The molecular weight excluding hydrogens is 148 g/mol. The Labute approximate surface area is 73.8 Å². The Balaban J connectivity index is 2.69. The van der Waals surface area contributed by atoms with Gasteiger partial charge in [-0.25, -0.2) is 0 Å². The first-order valence-corrected chi connectivity index (χ1v) is 4.23. The molecule has 0 heterocycles. The van der Waals surface area contributed by atoms with Gasteiger partial charge in [0.1, 0.15) is 0 Å². The third-order valence-corrected chi connectivity index (χ3v) is 2.01. The average molecular weight is 164 g/mol. The average Bonchev–Trinajstić information content (AvgIpc) is 2.07. The van der Waals surface area contributed by atoms with Crippen LogP contribution in [0, 0.1) is 6.92 Å². The van der Waals surface area contributed by atoms with E-state index in [-0.39, 0.29) is 0 Å². The van der Waals surface area contributed by atoms with Gasteiger partial charge < -0.3 is 11.1 Å². The first-order chi connectivity index (χ1) is 5.74. The number of anilines is 1. The van der Waals surface area contributed by atoms with Crippen LogP contribution in [-0.4, -0.2) is 13.6 Å². The summed E-state index contributed by atoms with van der Waals surface area (Å²) < 4.78 is 0. The quantitative estimate of drug-likeness (QED) is 0.662. The van der Waals surface area contributed by atoms with Gasteiger partial charge in [0.25, 0.3) is 0 Å². The summed E-state index contributed by atoms with van der Waals surface area (Å²) in [5.74, 6) is 0. The van der Waals surface area contributed by atoms with E-state index in [9.17, 15) is 0 Å². The van der Waals surface area contributed by atoms with Gasteiger partial charge in [-0.1, -0.05) is 12.1 Å². The summed E-state index contributed by atoms with van der Waals surface area (Å²) in [7, 11) is 1.96. The van der Waals surface area contributed by atoms with Gasteiger partial charge in [0.2, 0.25) is 0 Å². The molecular formula is C10H16N2. The maximum atomic E-state index is 5.77. The van der Waals surface area contributed by atoms with Crippen LogP contribution >= 0.6 is 0 Å². The lowest BCUT2D eigenvalue weighted by atomic mass is 10.1. The normalized spacial score (nSPS) is 10.2. The van der Waals surface area contributed by atoms with E-state index in [1.165, 1.54) is 5.56 Å². The van der Waals surface area contributed by atoms with Gasteiger partial charge in [-0.15, -0.1) is 0 Å². The minimum atomic E-state index is 0.892. The Hall–Kier alpha value is -1.02. The van der Waals surface area contributed by atoms with Crippen molar-refractivity contribution in [2.45, 2.75) is 13.3 Å². The molecule has 0 spiro atoms. The zero-order valence-corrected chi connectivity index (χ0v) is 7.72. The van der Waals surface area contributed by atoms with Crippen LogP contribution in [0.4, 0.5) is 5.69 Å². The highest BCUT2D eigenvalue weighted by molar-refractivity contribution is 5.48. The van der Waals surface area contributed by atoms with E-state index in [2.05, 4.69) is 17.4 Å². The van der Waals surface area contributed by atoms with E-state index >= 15 is 0 Å². The summed E-state index contributed by atoms with van der Waals surface area (Å²) in [4.78, 5) is 0. The lowest BCUT2D eigenvalue weighted by molar-refractivity contribution is 0.792. The van der Waals surface area contributed by atoms with Crippen molar-refractivity contribution in [3.05, 3.63) is 29.3 Å². The molecule has 1 aromatic carbocycles. The van der Waals surface area contributed by atoms with Crippen LogP contribution in [0.5, 0.6) is 0 Å². The lowest BCUT2D eigenvalue weighted by Crippen LogP contribution is -2.10. The van der Waals surface area contributed by atoms with Crippen molar-refractivity contribution in [1.82, 2.24) is 5.32 Å². The number of nitrogens with two attached hydrogens (primary N) is 1. The molecule has 2 nitrogen and oxygen atoms in total. The number of hydrogen-bond donors (Lipinski definition) is 2. The van der Waals surface area contributed by atoms with Crippen molar-refractivity contribution in [3.63, 3.8) is 0 Å². The van der Waals surface area contributed by atoms with Crippen LogP contribution < -0.4 is 11.1 Å². The number of likely N-dealkylation sites (N-methyl/N-ethyl adjacent to an activating group) is 1. The second-order valence-corrected chi connectivity index (χ2v) is 3.04. The van der Waals surface area contributed by atoms with Gasteiger partial charge >= 0.3 is 0 Å². The van der Waals surface area contributed by atoms with Gasteiger partial charge in [-0.3, -0.25) is 0 Å². The molecule has 0 radical (unpaired) electrons. The summed E-state index contributed by atoms with van der Waals surface area (Å²) in [6.45, 7) is 3.03. The Morgan fingerprint density at radius 1 is 1.42 bits per heavy atom. The minimum Gasteiger partial charge on any atom is -0.399 e. The van der Waals surface area contributed by atoms with E-state index in [1.54, 1.807) is 0 Å². The fourth-order valence-corrected chi connectivity index (χ4v) is 1.11. The second-order valence-electron chi connectivity index (χ2n) is 3.04. The number of nitrogens with one attached hydrogen (secondary N) is 1. The molecule has 0 aliphatic rings. The minimum absolute atomic E-state index is 0.892. The van der Waals surface area contributed by atoms with Gasteiger partial charge in [-0.05, 0) is 44.1 Å². The van der Waals surface area contributed by atoms with Gasteiger partial charge in [0.15, 0.2) is 0 Å². The van der Waals surface area contributed by atoms with E-state index in [0.717, 1.165) is 24.2 Å². The van der Waals surface area contributed by atoms with Crippen LogP contribution in [0.3, 0.4) is 0 Å². The zero-order chi connectivity index (χ0) is 8.97. The summed E-state index contributed by atoms with van der Waals surface area (Å²) in [5, 5.41) is 3.11. The van der Waals surface area contributed by atoms with E-state index in [1.807, 2.05) is 20.0 Å². The maximum Gasteiger partial charge on any atom is 0.0346 e. The van der Waals surface area contributed by atoms with E-state index < -0.39 is 0 Å². The van der Waals surface area contributed by atoms with E-state index in [4.69, 9.17) is 5.73 Å². The van der Waals surface area contributed by atoms with Crippen LogP contribution in [0.25, 0.3) is 0 Å². The molecule has 0 saturated carbocycles. The van der Waals surface area contributed by atoms with Crippen LogP contribution in [0.2, 0.25) is 0 Å². The third kappa shape index (κ3) is 2.24. The Morgan fingerprint density at radius 2 is 2.17 bits per heavy atom. The SMILES string of the molecule is CNCCc1ccc(C)c(N)c1. The highest BCUT2D eigenvalue weighted by Crippen LogP contribution is 2.12. The molecule has 0 atom stereocenters. The number of hydrogen-bond acceptors (Lipinski definition) is 2. The largest absolute Gasteiger partial charge is 0.399 e. The summed E-state index contributed by atoms with van der Waals surface area (Å²) in [6, 6.07) is 6.25. The van der Waals surface area contributed by atoms with Crippen molar-refractivity contribution in [1.29, 1.82) is 0 Å². The third-order valence-electron chi connectivity index (χ3n) is 2.01. The molecule has 0 aliphatic heterocycles. The predicted molar refractivity (Wildman–Crippen MR) is 53.2 cm³/mol. The van der Waals surface area contributed by atoms with Crippen molar-refractivity contribution < 1.29 is 0 Å². The molecule has 0 aliphatic carbocycles. The topological polar surface area (TPSA) is 38.0 Å². The molecule has 0 saturated heterocycles. The molecule has 0 bridgehead atoms. The summed E-state index contributed by atoms with van der Waals surface area (Å²) in [5.41, 5.74) is 9.12. The number of rotatable bonds is 3. The Bertz CT molecular complexity index is 256. The fourth-order valence-electron chi connectivity index (χ4n) is 1.11. The molecule has 0 aromatic heterocycles. The van der Waals surface area contributed by atoms with Gasteiger partial charge in [-0.2, -0.15) is 0 Å². The highest BCUT2D eigenvalue weighted by atomic mass is 14.8. The van der Waals surface area contributed by atoms with Gasteiger partial charge in [0.05, 0.1) is 0 Å². The maximum absolute atomic E-state index is 5.77. The molecule has 0 amide bonds. The molecule has 12 heavy (non-hydrogen) atoms. The number of aryl methyl sites for hydroxylation is 1. The predicted octanol–water partition coefficient (Wildman–Crippen LogP) is 1.34. The van der Waals surface area contributed by atoms with Crippen molar-refractivity contribution in [2.24, 2.45) is 0 Å².